The van der Waals surface area contributed by atoms with Crippen molar-refractivity contribution in [1.29, 1.82) is 0 Å². The number of carbonyl (C=O) groups is 1. The topological polar surface area (TPSA) is 30.0 Å². The summed E-state index contributed by atoms with van der Waals surface area (Å²) in [7, 11) is 0. The molecule has 0 aliphatic rings. The van der Waals surface area contributed by atoms with Crippen molar-refractivity contribution in [3.63, 3.8) is 0 Å². The van der Waals surface area contributed by atoms with Gasteiger partial charge in [0.15, 0.2) is 5.78 Å². The summed E-state index contributed by atoms with van der Waals surface area (Å²) in [4.78, 5) is 17.9. The van der Waals surface area contributed by atoms with Crippen molar-refractivity contribution in [3.8, 4) is 11.1 Å². The number of allylic oxidation sites excluding steroid dienone is 1. The molecule has 29 heavy (non-hydrogen) atoms. The van der Waals surface area contributed by atoms with E-state index in [1.807, 2.05) is 67.6 Å². The molecule has 0 spiro atoms. The first-order valence-electron chi connectivity index (χ1n) is 9.16. The van der Waals surface area contributed by atoms with Gasteiger partial charge in [0.2, 0.25) is 0 Å². The van der Waals surface area contributed by atoms with Gasteiger partial charge < -0.3 is 0 Å². The van der Waals surface area contributed by atoms with Crippen LogP contribution in [0.3, 0.4) is 0 Å². The van der Waals surface area contributed by atoms with E-state index in [1.54, 1.807) is 24.3 Å². The van der Waals surface area contributed by atoms with Gasteiger partial charge >= 0.3 is 0 Å². The molecule has 0 aliphatic carbocycles. The van der Waals surface area contributed by atoms with Crippen LogP contribution in [0.4, 0.5) is 0 Å². The van der Waals surface area contributed by atoms with Crippen LogP contribution < -0.4 is 0 Å². The Balaban J connectivity index is 1.90. The number of benzene rings is 3. The lowest BCUT2D eigenvalue weighted by Crippen LogP contribution is -2.05. The highest BCUT2D eigenvalue weighted by molar-refractivity contribution is 6.31. The van der Waals surface area contributed by atoms with E-state index in [0.29, 0.717) is 21.3 Å². The van der Waals surface area contributed by atoms with E-state index in [1.165, 1.54) is 0 Å². The van der Waals surface area contributed by atoms with Crippen LogP contribution in [0.5, 0.6) is 0 Å². The van der Waals surface area contributed by atoms with Gasteiger partial charge in [0.1, 0.15) is 0 Å². The van der Waals surface area contributed by atoms with Gasteiger partial charge in [-0.25, -0.2) is 0 Å². The molecule has 4 rings (SSSR count). The molecule has 0 saturated carbocycles. The fraction of sp³-hybridized carbons (Fsp3) is 0.0400. The van der Waals surface area contributed by atoms with Crippen LogP contribution in [0, 0.1) is 6.92 Å². The van der Waals surface area contributed by atoms with Crippen LogP contribution in [-0.2, 0) is 0 Å². The first-order chi connectivity index (χ1) is 14.0. The normalized spacial score (nSPS) is 11.3. The van der Waals surface area contributed by atoms with Crippen molar-refractivity contribution in [3.05, 3.63) is 106 Å². The number of aromatic nitrogens is 1. The highest BCUT2D eigenvalue weighted by Gasteiger charge is 2.19. The van der Waals surface area contributed by atoms with Crippen molar-refractivity contribution in [2.45, 2.75) is 6.92 Å². The van der Waals surface area contributed by atoms with Crippen molar-refractivity contribution < 1.29 is 4.79 Å². The summed E-state index contributed by atoms with van der Waals surface area (Å²) in [5.74, 6) is -0.106. The molecule has 0 N–H and O–H groups in total. The summed E-state index contributed by atoms with van der Waals surface area (Å²) in [5.41, 5.74) is 4.78. The lowest BCUT2D eigenvalue weighted by atomic mass is 9.92. The molecule has 0 saturated heterocycles. The average molecular weight is 418 g/mol. The standard InChI is InChI=1S/C25H17Cl2NO/c1-16-24(23(29)14-9-17-7-10-19(26)11-8-17)25(18-5-3-2-4-6-18)21-15-20(27)12-13-22(21)28-16/h2-15H,1H3/b14-9+. The number of ketones is 1. The molecule has 4 aromatic rings. The summed E-state index contributed by atoms with van der Waals surface area (Å²) < 4.78 is 0. The highest BCUT2D eigenvalue weighted by Crippen LogP contribution is 2.35. The zero-order valence-corrected chi connectivity index (χ0v) is 17.2. The molecule has 0 aliphatic heterocycles. The van der Waals surface area contributed by atoms with E-state index in [2.05, 4.69) is 4.98 Å². The molecular weight excluding hydrogens is 401 g/mol. The Labute approximate surface area is 179 Å². The van der Waals surface area contributed by atoms with Crippen LogP contribution in [0.1, 0.15) is 21.6 Å². The molecule has 1 aromatic heterocycles. The molecular formula is C25H17Cl2NO. The number of aryl methyl sites for hydroxylation is 1. The van der Waals surface area contributed by atoms with Crippen LogP contribution in [0.25, 0.3) is 28.1 Å². The Morgan fingerprint density at radius 3 is 2.31 bits per heavy atom. The predicted octanol–water partition coefficient (Wildman–Crippen LogP) is 7.41. The van der Waals surface area contributed by atoms with E-state index in [4.69, 9.17) is 23.2 Å². The summed E-state index contributed by atoms with van der Waals surface area (Å²) in [6.45, 7) is 1.86. The van der Waals surface area contributed by atoms with Gasteiger partial charge in [0.25, 0.3) is 0 Å². The summed E-state index contributed by atoms with van der Waals surface area (Å²) >= 11 is 12.2. The minimum Gasteiger partial charge on any atom is -0.289 e. The average Bonchev–Trinajstić information content (AvgIpc) is 2.73. The Hall–Kier alpha value is -2.94. The van der Waals surface area contributed by atoms with Gasteiger partial charge in [-0.1, -0.05) is 71.7 Å². The fourth-order valence-corrected chi connectivity index (χ4v) is 3.69. The molecule has 2 nitrogen and oxygen atoms in total. The van der Waals surface area contributed by atoms with E-state index in [9.17, 15) is 4.79 Å². The number of nitrogens with zero attached hydrogens (tertiary/aromatic N) is 1. The molecule has 0 radical (unpaired) electrons. The number of rotatable bonds is 4. The summed E-state index contributed by atoms with van der Waals surface area (Å²) in [6.07, 6.45) is 3.37. The minimum absolute atomic E-state index is 0.106. The Bertz CT molecular complexity index is 1230. The maximum Gasteiger partial charge on any atom is 0.188 e. The molecule has 0 unspecified atom stereocenters. The monoisotopic (exact) mass is 417 g/mol. The largest absolute Gasteiger partial charge is 0.289 e. The quantitative estimate of drug-likeness (QED) is 0.255. The smallest absolute Gasteiger partial charge is 0.188 e. The Morgan fingerprint density at radius 2 is 1.59 bits per heavy atom. The third kappa shape index (κ3) is 4.09. The van der Waals surface area contributed by atoms with Gasteiger partial charge in [-0.3, -0.25) is 9.78 Å². The minimum atomic E-state index is -0.106. The van der Waals surface area contributed by atoms with Gasteiger partial charge in [-0.15, -0.1) is 0 Å². The van der Waals surface area contributed by atoms with Crippen molar-refractivity contribution in [2.24, 2.45) is 0 Å². The van der Waals surface area contributed by atoms with Crippen LogP contribution >= 0.6 is 23.2 Å². The first kappa shape index (κ1) is 19.4. The number of fused-ring (bicyclic) bond motifs is 1. The lowest BCUT2D eigenvalue weighted by molar-refractivity contribution is 0.104. The maximum atomic E-state index is 13.2. The molecule has 0 bridgehead atoms. The third-order valence-electron chi connectivity index (χ3n) is 4.73. The molecule has 4 heteroatoms. The highest BCUT2D eigenvalue weighted by atomic mass is 35.5. The van der Waals surface area contributed by atoms with Crippen LogP contribution in [0.15, 0.2) is 78.9 Å². The summed E-state index contributed by atoms with van der Waals surface area (Å²) in [6, 6.07) is 22.8. The van der Waals surface area contributed by atoms with Gasteiger partial charge in [0.05, 0.1) is 11.1 Å². The van der Waals surface area contributed by atoms with Crippen molar-refractivity contribution in [1.82, 2.24) is 4.98 Å². The van der Waals surface area contributed by atoms with Crippen molar-refractivity contribution in [2.75, 3.05) is 0 Å². The lowest BCUT2D eigenvalue weighted by Gasteiger charge is -2.14. The molecule has 142 valence electrons. The number of carbonyl (C=O) groups excluding carboxylic acids is 1. The Kier molecular flexibility index (Phi) is 5.48. The number of halogens is 2. The van der Waals surface area contributed by atoms with Gasteiger partial charge in [-0.05, 0) is 54.5 Å². The number of hydrogen-bond donors (Lipinski definition) is 0. The molecule has 0 fully saturated rings. The first-order valence-corrected chi connectivity index (χ1v) is 9.92. The fourth-order valence-electron chi connectivity index (χ4n) is 3.39. The van der Waals surface area contributed by atoms with Crippen LogP contribution in [0.2, 0.25) is 10.0 Å². The molecule has 1 heterocycles. The van der Waals surface area contributed by atoms with E-state index >= 15 is 0 Å². The second kappa shape index (κ2) is 8.20. The van der Waals surface area contributed by atoms with Gasteiger partial charge in [0, 0.05) is 26.7 Å². The second-order valence-electron chi connectivity index (χ2n) is 6.72. The van der Waals surface area contributed by atoms with E-state index in [-0.39, 0.29) is 5.78 Å². The van der Waals surface area contributed by atoms with E-state index < -0.39 is 0 Å². The van der Waals surface area contributed by atoms with E-state index in [0.717, 1.165) is 27.6 Å². The number of pyridine rings is 1. The molecule has 0 amide bonds. The van der Waals surface area contributed by atoms with Crippen LogP contribution in [-0.4, -0.2) is 10.8 Å². The third-order valence-corrected chi connectivity index (χ3v) is 5.22. The zero-order chi connectivity index (χ0) is 20.4. The van der Waals surface area contributed by atoms with Crippen molar-refractivity contribution >= 4 is 46.0 Å². The number of hydrogen-bond acceptors (Lipinski definition) is 2. The Morgan fingerprint density at radius 1 is 0.897 bits per heavy atom. The molecule has 0 atom stereocenters. The second-order valence-corrected chi connectivity index (χ2v) is 7.60. The SMILES string of the molecule is Cc1nc2ccc(Cl)cc2c(-c2ccccc2)c1C(=O)/C=C/c1ccc(Cl)cc1. The molecule has 3 aromatic carbocycles. The summed E-state index contributed by atoms with van der Waals surface area (Å²) in [5, 5.41) is 2.12. The maximum absolute atomic E-state index is 13.2. The van der Waals surface area contributed by atoms with Gasteiger partial charge in [-0.2, -0.15) is 0 Å². The predicted molar refractivity (Wildman–Crippen MR) is 122 cm³/mol. The zero-order valence-electron chi connectivity index (χ0n) is 15.7.